The predicted molar refractivity (Wildman–Crippen MR) is 171 cm³/mol. The van der Waals surface area contributed by atoms with Crippen LogP contribution in [-0.2, 0) is 11.2 Å². The highest BCUT2D eigenvalue weighted by atomic mass is 19.3. The van der Waals surface area contributed by atoms with Gasteiger partial charge in [0.05, 0.1) is 29.6 Å². The number of fused-ring (bicyclic) bond motifs is 7. The van der Waals surface area contributed by atoms with Gasteiger partial charge in [0.2, 0.25) is 0 Å². The molecule has 1 unspecified atom stereocenters. The SMILES string of the molecule is CC12CN(CC(F)(F)C1)c1nc(OCC34CCCN3CCC4)nc3c(F)c(ncc13)-c1cccc3cccc(c13)CCCOC(=O)N2. The molecule has 9 rings (SSSR count). The van der Waals surface area contributed by atoms with Gasteiger partial charge in [-0.25, -0.2) is 18.0 Å². The number of pyridine rings is 1. The Morgan fingerprint density at radius 1 is 1.04 bits per heavy atom. The summed E-state index contributed by atoms with van der Waals surface area (Å²) in [4.78, 5) is 30.6. The van der Waals surface area contributed by atoms with E-state index in [0.29, 0.717) is 25.0 Å². The molecule has 0 radical (unpaired) electrons. The maximum atomic E-state index is 16.9. The number of nitrogens with one attached hydrogen (secondary N) is 1. The van der Waals surface area contributed by atoms with Crippen LogP contribution < -0.4 is 15.0 Å². The zero-order valence-electron chi connectivity index (χ0n) is 26.3. The van der Waals surface area contributed by atoms with E-state index in [2.05, 4.69) is 25.2 Å². The van der Waals surface area contributed by atoms with Crippen LogP contribution in [0.15, 0.2) is 42.6 Å². The van der Waals surface area contributed by atoms with Gasteiger partial charge in [-0.15, -0.1) is 0 Å². The minimum atomic E-state index is -3.20. The molecule has 0 spiro atoms. The first kappa shape index (κ1) is 30.2. The lowest BCUT2D eigenvalue weighted by Crippen LogP contribution is -2.63. The summed E-state index contributed by atoms with van der Waals surface area (Å²) < 4.78 is 59.6. The van der Waals surface area contributed by atoms with E-state index in [-0.39, 0.29) is 47.1 Å². The average molecular weight is 647 g/mol. The van der Waals surface area contributed by atoms with E-state index >= 15 is 13.2 Å². The summed E-state index contributed by atoms with van der Waals surface area (Å²) in [5, 5.41) is 4.64. The minimum Gasteiger partial charge on any atom is -0.461 e. The molecule has 6 bridgehead atoms. The summed E-state index contributed by atoms with van der Waals surface area (Å²) >= 11 is 0. The third-order valence-electron chi connectivity index (χ3n) is 10.3. The second kappa shape index (κ2) is 11.2. The third kappa shape index (κ3) is 5.40. The summed E-state index contributed by atoms with van der Waals surface area (Å²) in [5.74, 6) is -3.79. The highest BCUT2D eigenvalue weighted by molar-refractivity contribution is 6.00. The number of aryl methyl sites for hydroxylation is 1. The van der Waals surface area contributed by atoms with Crippen LogP contribution in [0.3, 0.4) is 0 Å². The number of alkyl carbamates (subject to hydrolysis) is 1. The van der Waals surface area contributed by atoms with Crippen molar-refractivity contribution in [3.63, 3.8) is 0 Å². The van der Waals surface area contributed by atoms with Crippen LogP contribution in [0.5, 0.6) is 6.01 Å². The predicted octanol–water partition coefficient (Wildman–Crippen LogP) is 6.27. The Kier molecular flexibility index (Phi) is 7.19. The van der Waals surface area contributed by atoms with Crippen LogP contribution in [0.25, 0.3) is 32.9 Å². The molecule has 3 fully saturated rings. The van der Waals surface area contributed by atoms with Gasteiger partial charge in [-0.05, 0) is 74.9 Å². The van der Waals surface area contributed by atoms with Crippen molar-refractivity contribution in [1.29, 1.82) is 0 Å². The van der Waals surface area contributed by atoms with Gasteiger partial charge in [0.1, 0.15) is 23.6 Å². The van der Waals surface area contributed by atoms with Crippen LogP contribution in [0.1, 0.15) is 51.0 Å². The molecule has 2 aromatic heterocycles. The molecule has 4 aromatic rings. The number of nitrogens with zero attached hydrogens (tertiary/aromatic N) is 5. The Morgan fingerprint density at radius 3 is 2.64 bits per heavy atom. The second-order valence-corrected chi connectivity index (χ2v) is 13.9. The van der Waals surface area contributed by atoms with E-state index in [4.69, 9.17) is 9.47 Å². The van der Waals surface area contributed by atoms with Crippen LogP contribution >= 0.6 is 0 Å². The highest BCUT2D eigenvalue weighted by Gasteiger charge is 2.49. The fourth-order valence-corrected chi connectivity index (χ4v) is 8.38. The Labute approximate surface area is 270 Å². The zero-order valence-corrected chi connectivity index (χ0v) is 26.3. The molecule has 7 heterocycles. The number of alkyl halides is 2. The van der Waals surface area contributed by atoms with E-state index < -0.39 is 36.3 Å². The monoisotopic (exact) mass is 646 g/mol. The van der Waals surface area contributed by atoms with Gasteiger partial charge < -0.3 is 19.7 Å². The van der Waals surface area contributed by atoms with Crippen LogP contribution in [0.2, 0.25) is 0 Å². The molecule has 2 aromatic carbocycles. The first-order chi connectivity index (χ1) is 22.6. The maximum Gasteiger partial charge on any atom is 0.407 e. The van der Waals surface area contributed by atoms with Crippen molar-refractivity contribution in [2.75, 3.05) is 44.3 Å². The first-order valence-corrected chi connectivity index (χ1v) is 16.5. The zero-order chi connectivity index (χ0) is 32.4. The topological polar surface area (TPSA) is 92.7 Å². The Hall–Kier alpha value is -4.19. The molecule has 1 N–H and O–H groups in total. The molecule has 0 saturated carbocycles. The number of amides is 1. The number of hydrogen-bond acceptors (Lipinski definition) is 8. The quantitative estimate of drug-likeness (QED) is 0.279. The van der Waals surface area contributed by atoms with Crippen LogP contribution in [0.4, 0.5) is 23.8 Å². The summed E-state index contributed by atoms with van der Waals surface area (Å²) in [6.45, 7) is 3.28. The van der Waals surface area contributed by atoms with Gasteiger partial charge in [0, 0.05) is 24.7 Å². The average Bonchev–Trinajstić information content (AvgIpc) is 3.61. The van der Waals surface area contributed by atoms with Crippen LogP contribution in [0, 0.1) is 5.82 Å². The molecular weight excluding hydrogens is 609 g/mol. The van der Waals surface area contributed by atoms with Crippen molar-refractivity contribution in [2.24, 2.45) is 0 Å². The first-order valence-electron chi connectivity index (χ1n) is 16.5. The smallest absolute Gasteiger partial charge is 0.407 e. The van der Waals surface area contributed by atoms with Crippen molar-refractivity contribution in [1.82, 2.24) is 25.2 Å². The summed E-state index contributed by atoms with van der Waals surface area (Å²) in [5.41, 5.74) is 0.0916. The van der Waals surface area contributed by atoms with E-state index in [1.807, 2.05) is 36.4 Å². The summed E-state index contributed by atoms with van der Waals surface area (Å²) in [6.07, 6.45) is 5.25. The van der Waals surface area contributed by atoms with Gasteiger partial charge in [0.25, 0.3) is 5.92 Å². The molecule has 0 aliphatic carbocycles. The Balaban J connectivity index is 1.31. The largest absolute Gasteiger partial charge is 0.461 e. The number of carbonyl (C=O) groups excluding carboxylic acids is 1. The van der Waals surface area contributed by atoms with E-state index in [1.54, 1.807) is 6.92 Å². The number of benzene rings is 2. The van der Waals surface area contributed by atoms with Crippen LogP contribution in [-0.4, -0.2) is 82.3 Å². The molecule has 9 nitrogen and oxygen atoms in total. The van der Waals surface area contributed by atoms with E-state index in [0.717, 1.165) is 55.1 Å². The fraction of sp³-hybridized carbons (Fsp3) is 0.486. The van der Waals surface area contributed by atoms with Crippen molar-refractivity contribution >= 4 is 33.6 Å². The number of anilines is 1. The normalized spacial score (nSPS) is 23.9. The second-order valence-electron chi connectivity index (χ2n) is 13.9. The number of rotatable bonds is 3. The molecule has 12 heteroatoms. The van der Waals surface area contributed by atoms with Crippen molar-refractivity contribution < 1.29 is 27.4 Å². The van der Waals surface area contributed by atoms with Gasteiger partial charge in [-0.2, -0.15) is 9.97 Å². The lowest BCUT2D eigenvalue weighted by atomic mass is 9.88. The molecule has 47 heavy (non-hydrogen) atoms. The molecule has 3 saturated heterocycles. The Morgan fingerprint density at radius 2 is 1.83 bits per heavy atom. The molecular formula is C35H37F3N6O3. The Bertz CT molecular complexity index is 1870. The minimum absolute atomic E-state index is 0.0188. The van der Waals surface area contributed by atoms with Crippen molar-refractivity contribution in [3.8, 4) is 17.3 Å². The molecule has 1 amide bonds. The number of aromatic nitrogens is 3. The van der Waals surface area contributed by atoms with Gasteiger partial charge in [-0.1, -0.05) is 36.4 Å². The standard InChI is InChI=1S/C35H37F3N6O3/c1-33-18-35(37,38)20-43(19-33)30-25-17-39-28(24-11-3-9-22-7-2-8-23(26(22)24)10-4-16-46-32(45)42-33)27(36)29(25)40-31(41-30)47-21-34-12-5-14-44(34)15-6-13-34/h2-3,7-9,11,17H,4-6,10,12-16,18-21H2,1H3,(H,42,45). The number of hydrogen-bond donors (Lipinski definition) is 1. The highest BCUT2D eigenvalue weighted by Crippen LogP contribution is 2.42. The molecule has 246 valence electrons. The lowest BCUT2D eigenvalue weighted by molar-refractivity contribution is -0.0390. The molecule has 5 aliphatic rings. The number of piperidine rings is 1. The molecule has 1 atom stereocenters. The number of halogens is 3. The van der Waals surface area contributed by atoms with Gasteiger partial charge in [0.15, 0.2) is 5.82 Å². The summed E-state index contributed by atoms with van der Waals surface area (Å²) in [7, 11) is 0. The third-order valence-corrected chi connectivity index (χ3v) is 10.3. The van der Waals surface area contributed by atoms with Gasteiger partial charge >= 0.3 is 12.1 Å². The van der Waals surface area contributed by atoms with Gasteiger partial charge in [-0.3, -0.25) is 9.88 Å². The summed E-state index contributed by atoms with van der Waals surface area (Å²) in [6, 6.07) is 11.4. The fourth-order valence-electron chi connectivity index (χ4n) is 8.38. The number of ether oxygens (including phenoxy) is 2. The van der Waals surface area contributed by atoms with E-state index in [1.165, 1.54) is 11.1 Å². The van der Waals surface area contributed by atoms with Crippen molar-refractivity contribution in [2.45, 2.75) is 68.9 Å². The van der Waals surface area contributed by atoms with E-state index in [9.17, 15) is 4.79 Å². The number of carbonyl (C=O) groups is 1. The van der Waals surface area contributed by atoms with Crippen molar-refractivity contribution in [3.05, 3.63) is 54.0 Å². The maximum absolute atomic E-state index is 16.9. The molecule has 5 aliphatic heterocycles. The lowest BCUT2D eigenvalue weighted by Gasteiger charge is -2.44.